The number of carbonyl (C=O) groups is 2. The second kappa shape index (κ2) is 11.1. The van der Waals surface area contributed by atoms with Gasteiger partial charge in [0.05, 0.1) is 47.3 Å². The van der Waals surface area contributed by atoms with Crippen LogP contribution in [0.2, 0.25) is 5.02 Å². The zero-order valence-electron chi connectivity index (χ0n) is 21.3. The first-order chi connectivity index (χ1) is 19.5. The molecule has 5 rings (SSSR count). The Hall–Kier alpha value is -4.61. The fourth-order valence-electron chi connectivity index (χ4n) is 4.23. The van der Waals surface area contributed by atoms with E-state index >= 15 is 0 Å². The van der Waals surface area contributed by atoms with E-state index in [0.29, 0.717) is 34.8 Å². The molecule has 0 spiro atoms. The first kappa shape index (κ1) is 27.9. The average molecular weight is 585 g/mol. The molecule has 210 valence electrons. The number of benzene rings is 2. The van der Waals surface area contributed by atoms with Crippen LogP contribution in [0.15, 0.2) is 42.5 Å². The fourth-order valence-corrected chi connectivity index (χ4v) is 4.45. The summed E-state index contributed by atoms with van der Waals surface area (Å²) in [6.45, 7) is 2.11. The molecule has 0 unspecified atom stereocenters. The number of alkyl halides is 3. The molecule has 0 radical (unpaired) electrons. The molecule has 3 heterocycles. The van der Waals surface area contributed by atoms with E-state index in [2.05, 4.69) is 25.8 Å². The van der Waals surface area contributed by atoms with E-state index in [4.69, 9.17) is 16.3 Å². The van der Waals surface area contributed by atoms with Gasteiger partial charge in [0.1, 0.15) is 12.2 Å². The van der Waals surface area contributed by atoms with Crippen LogP contribution in [0.4, 0.5) is 13.2 Å². The summed E-state index contributed by atoms with van der Waals surface area (Å²) in [6, 6.07) is 12.8. The molecule has 0 aliphatic carbocycles. The number of halogens is 4. The van der Waals surface area contributed by atoms with Crippen LogP contribution in [-0.2, 0) is 23.9 Å². The van der Waals surface area contributed by atoms with E-state index in [-0.39, 0.29) is 46.5 Å². The second-order valence-corrected chi connectivity index (χ2v) is 9.67. The van der Waals surface area contributed by atoms with Gasteiger partial charge in [-0.3, -0.25) is 9.59 Å². The van der Waals surface area contributed by atoms with Gasteiger partial charge in [-0.2, -0.15) is 28.3 Å². The van der Waals surface area contributed by atoms with Gasteiger partial charge >= 0.3 is 6.18 Å². The van der Waals surface area contributed by atoms with Gasteiger partial charge in [0.25, 0.3) is 11.7 Å². The summed E-state index contributed by atoms with van der Waals surface area (Å²) >= 11 is 6.38. The number of ether oxygens (including phenoxy) is 1. The van der Waals surface area contributed by atoms with E-state index in [9.17, 15) is 28.0 Å². The molecule has 2 aromatic heterocycles. The maximum atomic E-state index is 13.8. The lowest BCUT2D eigenvalue weighted by atomic mass is 9.93. The van der Waals surface area contributed by atoms with Crippen LogP contribution < -0.4 is 5.32 Å². The van der Waals surface area contributed by atoms with Gasteiger partial charge in [-0.1, -0.05) is 23.7 Å². The van der Waals surface area contributed by atoms with Crippen LogP contribution >= 0.6 is 11.6 Å². The third-order valence-corrected chi connectivity index (χ3v) is 6.61. The first-order valence-electron chi connectivity index (χ1n) is 12.2. The predicted octanol–water partition coefficient (Wildman–Crippen LogP) is 3.31. The van der Waals surface area contributed by atoms with Crippen molar-refractivity contribution in [1.82, 2.24) is 35.3 Å². The number of amides is 1. The quantitative estimate of drug-likeness (QED) is 0.311. The highest BCUT2D eigenvalue weighted by Crippen LogP contribution is 2.26. The fraction of sp³-hybridized carbons (Fsp3) is 0.269. The molecule has 4 aromatic rings. The summed E-state index contributed by atoms with van der Waals surface area (Å²) in [5.41, 5.74) is 1.99. The number of nitrogens with one attached hydrogen (secondary N) is 1. The van der Waals surface area contributed by atoms with E-state index in [1.54, 1.807) is 37.3 Å². The summed E-state index contributed by atoms with van der Waals surface area (Å²) in [6.07, 6.45) is -5.01. The summed E-state index contributed by atoms with van der Waals surface area (Å²) in [7, 11) is 0. The molecule has 1 saturated heterocycles. The third kappa shape index (κ3) is 5.96. The molecule has 11 nitrogen and oxygen atoms in total. The molecule has 41 heavy (non-hydrogen) atoms. The van der Waals surface area contributed by atoms with Crippen molar-refractivity contribution >= 4 is 23.3 Å². The van der Waals surface area contributed by atoms with Crippen molar-refractivity contribution in [2.45, 2.75) is 32.1 Å². The summed E-state index contributed by atoms with van der Waals surface area (Å²) < 4.78 is 45.2. The number of Topliss-reactive ketones (excluding diaryl/α,β-unsaturated/α-hetero) is 1. The number of carbonyl (C=O) groups excluding carboxylic acids is 2. The van der Waals surface area contributed by atoms with Gasteiger partial charge in [0.2, 0.25) is 0 Å². The average Bonchev–Trinajstić information content (AvgIpc) is 3.55. The Labute approximate surface area is 235 Å². The van der Waals surface area contributed by atoms with Crippen molar-refractivity contribution in [2.75, 3.05) is 13.2 Å². The summed E-state index contributed by atoms with van der Waals surface area (Å²) in [4.78, 5) is 27.6. The molecular weight excluding hydrogens is 565 g/mol. The van der Waals surface area contributed by atoms with Gasteiger partial charge in [0.15, 0.2) is 5.78 Å². The lowest BCUT2D eigenvalue weighted by molar-refractivity contribution is -0.145. The minimum Gasteiger partial charge on any atom is -0.377 e. The van der Waals surface area contributed by atoms with Gasteiger partial charge in [0, 0.05) is 12.0 Å². The molecule has 1 aliphatic heterocycles. The summed E-state index contributed by atoms with van der Waals surface area (Å²) in [5.74, 6) is -2.31. The lowest BCUT2D eigenvalue weighted by Crippen LogP contribution is -2.48. The van der Waals surface area contributed by atoms with Gasteiger partial charge in [-0.25, -0.2) is 4.68 Å². The number of nitrogens with zero attached hydrogens (tertiary/aromatic N) is 7. The van der Waals surface area contributed by atoms with E-state index in [1.165, 1.54) is 16.8 Å². The number of hydrogen-bond donors (Lipinski definition) is 1. The molecular formula is C26H20ClF3N8O3. The number of aromatic nitrogens is 6. The number of ketones is 1. The minimum absolute atomic E-state index is 0.0618. The predicted molar refractivity (Wildman–Crippen MR) is 136 cm³/mol. The zero-order chi connectivity index (χ0) is 29.3. The highest BCUT2D eigenvalue weighted by atomic mass is 35.5. The van der Waals surface area contributed by atoms with Crippen LogP contribution in [0.3, 0.4) is 0 Å². The van der Waals surface area contributed by atoms with Crippen LogP contribution in [-0.4, -0.2) is 60.9 Å². The Bertz CT molecular complexity index is 1690. The van der Waals surface area contributed by atoms with Crippen molar-refractivity contribution in [3.8, 4) is 11.8 Å². The van der Waals surface area contributed by atoms with Crippen molar-refractivity contribution < 1.29 is 27.5 Å². The number of tetrazole rings is 1. The van der Waals surface area contributed by atoms with Crippen LogP contribution in [0, 0.1) is 18.3 Å². The number of hydrogen-bond acceptors (Lipinski definition) is 8. The Morgan fingerprint density at radius 2 is 1.95 bits per heavy atom. The highest BCUT2D eigenvalue weighted by Gasteiger charge is 2.37. The number of rotatable bonds is 8. The van der Waals surface area contributed by atoms with E-state index in [0.717, 1.165) is 0 Å². The Morgan fingerprint density at radius 3 is 2.59 bits per heavy atom. The normalized spacial score (nSPS) is 13.5. The Morgan fingerprint density at radius 1 is 1.20 bits per heavy atom. The molecule has 0 bridgehead atoms. The van der Waals surface area contributed by atoms with Gasteiger partial charge in [-0.15, -0.1) is 10.2 Å². The first-order valence-corrected chi connectivity index (χ1v) is 12.6. The van der Waals surface area contributed by atoms with Gasteiger partial charge < -0.3 is 10.1 Å². The maximum absolute atomic E-state index is 13.8. The number of para-hydroxylation sites is 1. The largest absolute Gasteiger partial charge is 0.455 e. The topological polar surface area (TPSA) is 141 Å². The molecule has 1 aliphatic rings. The molecule has 0 saturated carbocycles. The van der Waals surface area contributed by atoms with E-state index in [1.807, 2.05) is 6.07 Å². The highest BCUT2D eigenvalue weighted by molar-refractivity contribution is 6.32. The van der Waals surface area contributed by atoms with Crippen molar-refractivity contribution in [1.29, 1.82) is 5.26 Å². The third-order valence-electron chi connectivity index (χ3n) is 6.29. The number of aryl methyl sites for hydroxylation is 1. The Balaban J connectivity index is 1.51. The standard InChI is InChI=1S/C26H20ClF3N8O3/c1-14-6-15(10-31)7-19(24(40)32-17-12-41-13-17)18(14)9-23(39)22-8-16(11-37-35-25(33-36-37)26(28,29)30)34-38(22)21-5-3-2-4-20(21)27/h2-8,17H,9,11-13H2,1H3,(H,32,40). The molecule has 0 atom stereocenters. The van der Waals surface area contributed by atoms with Crippen LogP contribution in [0.25, 0.3) is 5.69 Å². The SMILES string of the molecule is Cc1cc(C#N)cc(C(=O)NC2COC2)c1CC(=O)c1cc(Cn2nnc(C(F)(F)F)n2)nn1-c1ccccc1Cl. The monoisotopic (exact) mass is 584 g/mol. The lowest BCUT2D eigenvalue weighted by Gasteiger charge is -2.27. The number of nitriles is 1. The van der Waals surface area contributed by atoms with E-state index < -0.39 is 23.7 Å². The Kier molecular flexibility index (Phi) is 7.57. The zero-order valence-corrected chi connectivity index (χ0v) is 22.1. The van der Waals surface area contributed by atoms with Crippen molar-refractivity contribution in [3.63, 3.8) is 0 Å². The molecule has 1 N–H and O–H groups in total. The van der Waals surface area contributed by atoms with Gasteiger partial charge in [-0.05, 0) is 53.6 Å². The maximum Gasteiger partial charge on any atom is 0.455 e. The van der Waals surface area contributed by atoms with Crippen LogP contribution in [0.1, 0.15) is 49.1 Å². The molecule has 1 fully saturated rings. The summed E-state index contributed by atoms with van der Waals surface area (Å²) in [5, 5.41) is 26.7. The molecule has 1 amide bonds. The molecule has 2 aromatic carbocycles. The van der Waals surface area contributed by atoms with Crippen molar-refractivity contribution in [2.24, 2.45) is 0 Å². The molecule has 15 heteroatoms. The van der Waals surface area contributed by atoms with Crippen LogP contribution in [0.5, 0.6) is 0 Å². The van der Waals surface area contributed by atoms with Crippen molar-refractivity contribution in [3.05, 3.63) is 87.0 Å². The smallest absolute Gasteiger partial charge is 0.377 e. The minimum atomic E-state index is -4.77. The second-order valence-electron chi connectivity index (χ2n) is 9.26.